The zero-order chi connectivity index (χ0) is 9.90. The average Bonchev–Trinajstić information content (AvgIpc) is 2.49. The van der Waals surface area contributed by atoms with E-state index in [-0.39, 0.29) is 6.10 Å². The van der Waals surface area contributed by atoms with Gasteiger partial charge in [0.25, 0.3) is 0 Å². The second kappa shape index (κ2) is 4.09. The summed E-state index contributed by atoms with van der Waals surface area (Å²) >= 11 is 0. The summed E-state index contributed by atoms with van der Waals surface area (Å²) in [5, 5.41) is 9.18. The topological polar surface area (TPSA) is 46.5 Å². The van der Waals surface area contributed by atoms with Crippen LogP contribution in [0.25, 0.3) is 0 Å². The van der Waals surface area contributed by atoms with Crippen LogP contribution in [0.3, 0.4) is 0 Å². The van der Waals surface area contributed by atoms with E-state index in [1.54, 1.807) is 0 Å². The Hall–Kier alpha value is -0.570. The Bertz CT molecular complexity index is 191. The van der Waals surface area contributed by atoms with Crippen LogP contribution in [-0.4, -0.2) is 23.8 Å². The van der Waals surface area contributed by atoms with Gasteiger partial charge in [0.1, 0.15) is 0 Å². The normalized spacial score (nSPS) is 33.5. The first-order chi connectivity index (χ1) is 6.17. The number of carbonyl (C=O) groups is 1. The predicted octanol–water partition coefficient (Wildman–Crippen LogP) is 2.06. The molecule has 13 heavy (non-hydrogen) atoms. The summed E-state index contributed by atoms with van der Waals surface area (Å²) in [5.41, 5.74) is -0.601. The summed E-state index contributed by atoms with van der Waals surface area (Å²) in [6, 6.07) is 0. The lowest BCUT2D eigenvalue weighted by molar-refractivity contribution is -0.157. The van der Waals surface area contributed by atoms with Crippen LogP contribution in [0, 0.1) is 5.41 Å². The molecular weight excluding hydrogens is 168 g/mol. The number of hydrogen-bond donors (Lipinski definition) is 1. The van der Waals surface area contributed by atoms with Crippen molar-refractivity contribution in [2.75, 3.05) is 6.61 Å². The third-order valence-corrected chi connectivity index (χ3v) is 3.13. The highest BCUT2D eigenvalue weighted by Gasteiger charge is 2.48. The van der Waals surface area contributed by atoms with Crippen molar-refractivity contribution in [2.45, 2.75) is 45.6 Å². The van der Waals surface area contributed by atoms with Crippen LogP contribution in [0.4, 0.5) is 0 Å². The van der Waals surface area contributed by atoms with Gasteiger partial charge in [-0.15, -0.1) is 0 Å². The molecule has 0 heterocycles. The minimum Gasteiger partial charge on any atom is -0.481 e. The van der Waals surface area contributed by atoms with E-state index >= 15 is 0 Å². The maximum absolute atomic E-state index is 11.2. The highest BCUT2D eigenvalue weighted by molar-refractivity contribution is 5.75. The monoisotopic (exact) mass is 186 g/mol. The molecule has 0 saturated heterocycles. The molecule has 0 aromatic heterocycles. The van der Waals surface area contributed by atoms with Crippen molar-refractivity contribution in [3.63, 3.8) is 0 Å². The van der Waals surface area contributed by atoms with E-state index in [1.165, 1.54) is 0 Å². The molecule has 0 bridgehead atoms. The first-order valence-electron chi connectivity index (χ1n) is 5.02. The molecule has 0 spiro atoms. The van der Waals surface area contributed by atoms with E-state index in [1.807, 2.05) is 13.8 Å². The zero-order valence-electron chi connectivity index (χ0n) is 8.38. The van der Waals surface area contributed by atoms with Crippen molar-refractivity contribution in [3.05, 3.63) is 0 Å². The summed E-state index contributed by atoms with van der Waals surface area (Å²) < 4.78 is 5.49. The molecule has 1 aliphatic rings. The van der Waals surface area contributed by atoms with E-state index in [0.717, 1.165) is 19.3 Å². The molecule has 0 aliphatic heterocycles. The Morgan fingerprint density at radius 1 is 1.62 bits per heavy atom. The molecule has 3 heteroatoms. The van der Waals surface area contributed by atoms with Crippen LogP contribution in [-0.2, 0) is 9.53 Å². The predicted molar refractivity (Wildman–Crippen MR) is 49.6 cm³/mol. The lowest BCUT2D eigenvalue weighted by Crippen LogP contribution is -2.39. The minimum atomic E-state index is -0.689. The van der Waals surface area contributed by atoms with Gasteiger partial charge >= 0.3 is 5.97 Å². The van der Waals surface area contributed by atoms with E-state index in [2.05, 4.69) is 0 Å². The number of rotatable bonds is 4. The summed E-state index contributed by atoms with van der Waals surface area (Å²) in [6.07, 6.45) is 3.25. The van der Waals surface area contributed by atoms with Crippen LogP contribution >= 0.6 is 0 Å². The van der Waals surface area contributed by atoms with Gasteiger partial charge in [0.15, 0.2) is 0 Å². The first kappa shape index (κ1) is 10.5. The number of carboxylic acids is 1. The van der Waals surface area contributed by atoms with Crippen LogP contribution in [0.5, 0.6) is 0 Å². The van der Waals surface area contributed by atoms with Gasteiger partial charge in [-0.1, -0.05) is 6.92 Å². The van der Waals surface area contributed by atoms with Crippen LogP contribution < -0.4 is 0 Å². The Morgan fingerprint density at radius 3 is 2.77 bits per heavy atom. The Labute approximate surface area is 79.1 Å². The maximum atomic E-state index is 11.2. The molecule has 1 aliphatic carbocycles. The van der Waals surface area contributed by atoms with Gasteiger partial charge in [0.2, 0.25) is 0 Å². The molecule has 3 nitrogen and oxygen atoms in total. The second-order valence-corrected chi connectivity index (χ2v) is 3.65. The second-order valence-electron chi connectivity index (χ2n) is 3.65. The number of ether oxygens (including phenoxy) is 1. The SMILES string of the molecule is CCOC1CCCC1(CC)C(=O)O. The van der Waals surface area contributed by atoms with Gasteiger partial charge in [-0.3, -0.25) is 4.79 Å². The van der Waals surface area contributed by atoms with Gasteiger partial charge in [-0.05, 0) is 32.6 Å². The lowest BCUT2D eigenvalue weighted by atomic mass is 9.81. The number of hydrogen-bond acceptors (Lipinski definition) is 2. The Morgan fingerprint density at radius 2 is 2.31 bits per heavy atom. The van der Waals surface area contributed by atoms with Crippen molar-refractivity contribution >= 4 is 5.97 Å². The quantitative estimate of drug-likeness (QED) is 0.731. The van der Waals surface area contributed by atoms with Crippen molar-refractivity contribution in [2.24, 2.45) is 5.41 Å². The molecule has 0 amide bonds. The molecule has 2 atom stereocenters. The first-order valence-corrected chi connectivity index (χ1v) is 5.02. The molecule has 1 rings (SSSR count). The molecule has 76 valence electrons. The fourth-order valence-electron chi connectivity index (χ4n) is 2.28. The molecule has 0 radical (unpaired) electrons. The van der Waals surface area contributed by atoms with Crippen molar-refractivity contribution in [1.82, 2.24) is 0 Å². The van der Waals surface area contributed by atoms with Crippen molar-refractivity contribution in [3.8, 4) is 0 Å². The Balaban J connectivity index is 2.77. The van der Waals surface area contributed by atoms with Gasteiger partial charge < -0.3 is 9.84 Å². The summed E-state index contributed by atoms with van der Waals surface area (Å²) in [7, 11) is 0. The molecule has 1 saturated carbocycles. The molecule has 0 aromatic rings. The average molecular weight is 186 g/mol. The largest absolute Gasteiger partial charge is 0.481 e. The van der Waals surface area contributed by atoms with E-state index in [4.69, 9.17) is 4.74 Å². The third kappa shape index (κ3) is 1.70. The molecule has 1 N–H and O–H groups in total. The maximum Gasteiger partial charge on any atom is 0.312 e. The van der Waals surface area contributed by atoms with Gasteiger partial charge in [-0.2, -0.15) is 0 Å². The third-order valence-electron chi connectivity index (χ3n) is 3.13. The molecule has 0 aromatic carbocycles. The van der Waals surface area contributed by atoms with Gasteiger partial charge in [-0.25, -0.2) is 0 Å². The summed E-state index contributed by atoms with van der Waals surface area (Å²) in [5.74, 6) is -0.689. The highest BCUT2D eigenvalue weighted by Crippen LogP contribution is 2.43. The standard InChI is InChI=1S/C10H18O3/c1-3-10(9(11)12)7-5-6-8(10)13-4-2/h8H,3-7H2,1-2H3,(H,11,12). The lowest BCUT2D eigenvalue weighted by Gasteiger charge is -2.29. The Kier molecular flexibility index (Phi) is 3.31. The highest BCUT2D eigenvalue weighted by atomic mass is 16.5. The molecule has 2 unspecified atom stereocenters. The fraction of sp³-hybridized carbons (Fsp3) is 0.900. The van der Waals surface area contributed by atoms with E-state index in [0.29, 0.717) is 13.0 Å². The van der Waals surface area contributed by atoms with Crippen molar-refractivity contribution in [1.29, 1.82) is 0 Å². The van der Waals surface area contributed by atoms with Crippen LogP contribution in [0.1, 0.15) is 39.5 Å². The minimum absolute atomic E-state index is 0.0694. The van der Waals surface area contributed by atoms with Crippen LogP contribution in [0.2, 0.25) is 0 Å². The summed E-state index contributed by atoms with van der Waals surface area (Å²) in [6.45, 7) is 4.46. The van der Waals surface area contributed by atoms with Gasteiger partial charge in [0.05, 0.1) is 11.5 Å². The summed E-state index contributed by atoms with van der Waals surface area (Å²) in [4.78, 5) is 11.2. The van der Waals surface area contributed by atoms with E-state index < -0.39 is 11.4 Å². The number of carboxylic acid groups (broad SMARTS) is 1. The molecule has 1 fully saturated rings. The van der Waals surface area contributed by atoms with E-state index in [9.17, 15) is 9.90 Å². The van der Waals surface area contributed by atoms with Gasteiger partial charge in [0, 0.05) is 6.61 Å². The smallest absolute Gasteiger partial charge is 0.312 e. The van der Waals surface area contributed by atoms with Crippen molar-refractivity contribution < 1.29 is 14.6 Å². The van der Waals surface area contributed by atoms with Crippen LogP contribution in [0.15, 0.2) is 0 Å². The fourth-order valence-corrected chi connectivity index (χ4v) is 2.28. The molecular formula is C10H18O3. The zero-order valence-corrected chi connectivity index (χ0v) is 8.38. The number of aliphatic carboxylic acids is 1.